The van der Waals surface area contributed by atoms with E-state index in [0.717, 1.165) is 12.5 Å². The summed E-state index contributed by atoms with van der Waals surface area (Å²) >= 11 is 0. The van der Waals surface area contributed by atoms with Crippen LogP contribution in [-0.4, -0.2) is 37.6 Å². The fourth-order valence-electron chi connectivity index (χ4n) is 1.43. The Morgan fingerprint density at radius 3 is 2.08 bits per heavy atom. The van der Waals surface area contributed by atoms with Crippen molar-refractivity contribution in [3.05, 3.63) is 0 Å². The van der Waals surface area contributed by atoms with Crippen LogP contribution in [0.1, 0.15) is 34.1 Å². The summed E-state index contributed by atoms with van der Waals surface area (Å²) in [6, 6.07) is 1.34. The Morgan fingerprint density at radius 1 is 1.15 bits per heavy atom. The van der Waals surface area contributed by atoms with Crippen LogP contribution in [0.3, 0.4) is 0 Å². The summed E-state index contributed by atoms with van der Waals surface area (Å²) < 4.78 is 0. The summed E-state index contributed by atoms with van der Waals surface area (Å²) in [7, 11) is 4.24. The van der Waals surface area contributed by atoms with E-state index in [1.807, 2.05) is 7.05 Å². The molecule has 0 bridgehead atoms. The zero-order valence-electron chi connectivity index (χ0n) is 10.1. The molecular formula is C11H26N2. The third kappa shape index (κ3) is 4.63. The number of hydrogen-bond acceptors (Lipinski definition) is 2. The Balaban J connectivity index is 3.86. The average Bonchev–Trinajstić information content (AvgIpc) is 2.11. The van der Waals surface area contributed by atoms with E-state index in [2.05, 4.69) is 45.0 Å². The van der Waals surface area contributed by atoms with Gasteiger partial charge >= 0.3 is 0 Å². The number of nitrogens with one attached hydrogen (secondary N) is 1. The summed E-state index contributed by atoms with van der Waals surface area (Å²) in [5, 5.41) is 3.19. The van der Waals surface area contributed by atoms with E-state index in [4.69, 9.17) is 0 Å². The molecule has 2 nitrogen and oxygen atoms in total. The lowest BCUT2D eigenvalue weighted by molar-refractivity contribution is 0.151. The first-order valence-electron chi connectivity index (χ1n) is 5.37. The van der Waals surface area contributed by atoms with Crippen molar-refractivity contribution in [2.75, 3.05) is 20.6 Å². The second kappa shape index (κ2) is 6.39. The first-order valence-corrected chi connectivity index (χ1v) is 5.37. The van der Waals surface area contributed by atoms with E-state index in [1.54, 1.807) is 0 Å². The first-order chi connectivity index (χ1) is 6.00. The van der Waals surface area contributed by atoms with Crippen LogP contribution < -0.4 is 5.32 Å². The highest BCUT2D eigenvalue weighted by molar-refractivity contribution is 4.72. The Labute approximate surface area is 83.7 Å². The van der Waals surface area contributed by atoms with Crippen molar-refractivity contribution in [3.63, 3.8) is 0 Å². The minimum atomic E-state index is 0.671. The topological polar surface area (TPSA) is 15.3 Å². The second-order valence-corrected chi connectivity index (χ2v) is 4.39. The Hall–Kier alpha value is -0.0800. The van der Waals surface area contributed by atoms with Gasteiger partial charge in [-0.25, -0.2) is 0 Å². The summed E-state index contributed by atoms with van der Waals surface area (Å²) in [6.45, 7) is 10.3. The van der Waals surface area contributed by atoms with Crippen LogP contribution in [-0.2, 0) is 0 Å². The molecule has 0 fully saturated rings. The zero-order chi connectivity index (χ0) is 10.4. The van der Waals surface area contributed by atoms with E-state index < -0.39 is 0 Å². The van der Waals surface area contributed by atoms with E-state index in [-0.39, 0.29) is 0 Å². The minimum absolute atomic E-state index is 0.671. The van der Waals surface area contributed by atoms with Gasteiger partial charge in [0.1, 0.15) is 0 Å². The quantitative estimate of drug-likeness (QED) is 0.682. The SMILES string of the molecule is CNCCC(C)N(C)C(C)C(C)C. The first kappa shape index (κ1) is 12.9. The van der Waals surface area contributed by atoms with Crippen LogP contribution in [0.4, 0.5) is 0 Å². The highest BCUT2D eigenvalue weighted by atomic mass is 15.2. The van der Waals surface area contributed by atoms with Crippen LogP contribution in [0.5, 0.6) is 0 Å². The molecule has 0 aliphatic rings. The van der Waals surface area contributed by atoms with Crippen LogP contribution >= 0.6 is 0 Å². The average molecular weight is 186 g/mol. The highest BCUT2D eigenvalue weighted by Crippen LogP contribution is 2.12. The van der Waals surface area contributed by atoms with Gasteiger partial charge < -0.3 is 10.2 Å². The molecule has 0 saturated carbocycles. The normalized spacial score (nSPS) is 16.6. The molecule has 13 heavy (non-hydrogen) atoms. The lowest BCUT2D eigenvalue weighted by Gasteiger charge is -2.33. The van der Waals surface area contributed by atoms with Crippen molar-refractivity contribution < 1.29 is 0 Å². The van der Waals surface area contributed by atoms with Crippen molar-refractivity contribution in [2.45, 2.75) is 46.2 Å². The summed E-state index contributed by atoms with van der Waals surface area (Å²) in [5.41, 5.74) is 0. The molecule has 0 radical (unpaired) electrons. The Morgan fingerprint density at radius 2 is 1.69 bits per heavy atom. The van der Waals surface area contributed by atoms with Crippen LogP contribution in [0.2, 0.25) is 0 Å². The lowest BCUT2D eigenvalue weighted by atomic mass is 10.0. The summed E-state index contributed by atoms with van der Waals surface area (Å²) in [5.74, 6) is 0.738. The predicted octanol–water partition coefficient (Wildman–Crippen LogP) is 1.96. The van der Waals surface area contributed by atoms with Crippen molar-refractivity contribution >= 4 is 0 Å². The maximum atomic E-state index is 3.19. The van der Waals surface area contributed by atoms with E-state index in [1.165, 1.54) is 6.42 Å². The van der Waals surface area contributed by atoms with Gasteiger partial charge in [0.15, 0.2) is 0 Å². The molecule has 0 aromatic carbocycles. The van der Waals surface area contributed by atoms with Crippen molar-refractivity contribution in [3.8, 4) is 0 Å². The molecule has 0 spiro atoms. The predicted molar refractivity (Wildman–Crippen MR) is 60.1 cm³/mol. The maximum absolute atomic E-state index is 3.19. The molecule has 0 aromatic rings. The molecule has 2 heteroatoms. The number of nitrogens with zero attached hydrogens (tertiary/aromatic N) is 1. The van der Waals surface area contributed by atoms with Crippen LogP contribution in [0.15, 0.2) is 0 Å². The number of rotatable bonds is 6. The molecule has 0 aliphatic carbocycles. The van der Waals surface area contributed by atoms with E-state index in [0.29, 0.717) is 12.1 Å². The van der Waals surface area contributed by atoms with Gasteiger partial charge in [0, 0.05) is 12.1 Å². The summed E-state index contributed by atoms with van der Waals surface area (Å²) in [4.78, 5) is 2.47. The molecule has 0 heterocycles. The molecule has 1 N–H and O–H groups in total. The van der Waals surface area contributed by atoms with Gasteiger partial charge in [-0.3, -0.25) is 0 Å². The fourth-order valence-corrected chi connectivity index (χ4v) is 1.43. The molecular weight excluding hydrogens is 160 g/mol. The molecule has 0 rings (SSSR count). The monoisotopic (exact) mass is 186 g/mol. The molecule has 2 atom stereocenters. The smallest absolute Gasteiger partial charge is 0.00897 e. The highest BCUT2D eigenvalue weighted by Gasteiger charge is 2.17. The third-order valence-corrected chi connectivity index (χ3v) is 3.11. The van der Waals surface area contributed by atoms with Gasteiger partial charge in [0.2, 0.25) is 0 Å². The second-order valence-electron chi connectivity index (χ2n) is 4.39. The van der Waals surface area contributed by atoms with Crippen LogP contribution in [0.25, 0.3) is 0 Å². The zero-order valence-corrected chi connectivity index (χ0v) is 10.1. The van der Waals surface area contributed by atoms with Gasteiger partial charge in [-0.15, -0.1) is 0 Å². The van der Waals surface area contributed by atoms with E-state index in [9.17, 15) is 0 Å². The van der Waals surface area contributed by atoms with Crippen molar-refractivity contribution in [1.29, 1.82) is 0 Å². The molecule has 80 valence electrons. The third-order valence-electron chi connectivity index (χ3n) is 3.11. The molecule has 2 unspecified atom stereocenters. The molecule has 0 aliphatic heterocycles. The van der Waals surface area contributed by atoms with E-state index >= 15 is 0 Å². The largest absolute Gasteiger partial charge is 0.320 e. The number of hydrogen-bond donors (Lipinski definition) is 1. The Bertz CT molecular complexity index is 123. The molecule has 0 aromatic heterocycles. The molecule has 0 saturated heterocycles. The minimum Gasteiger partial charge on any atom is -0.320 e. The van der Waals surface area contributed by atoms with Gasteiger partial charge in [0.25, 0.3) is 0 Å². The van der Waals surface area contributed by atoms with Gasteiger partial charge in [-0.05, 0) is 46.8 Å². The molecule has 0 amide bonds. The van der Waals surface area contributed by atoms with Crippen molar-refractivity contribution in [1.82, 2.24) is 10.2 Å². The van der Waals surface area contributed by atoms with Gasteiger partial charge in [0.05, 0.1) is 0 Å². The lowest BCUT2D eigenvalue weighted by Crippen LogP contribution is -2.40. The van der Waals surface area contributed by atoms with Crippen LogP contribution in [0, 0.1) is 5.92 Å². The summed E-state index contributed by atoms with van der Waals surface area (Å²) in [6.07, 6.45) is 1.23. The van der Waals surface area contributed by atoms with Gasteiger partial charge in [-0.2, -0.15) is 0 Å². The fraction of sp³-hybridized carbons (Fsp3) is 1.00. The Kier molecular flexibility index (Phi) is 6.35. The van der Waals surface area contributed by atoms with Gasteiger partial charge in [-0.1, -0.05) is 13.8 Å². The van der Waals surface area contributed by atoms with Crippen molar-refractivity contribution in [2.24, 2.45) is 5.92 Å². The standard InChI is InChI=1S/C11H26N2/c1-9(2)11(4)13(6)10(3)7-8-12-5/h9-12H,7-8H2,1-6H3. The maximum Gasteiger partial charge on any atom is 0.00897 e.